The molecule has 0 bridgehead atoms. The number of aromatic carboxylic acids is 1. The van der Waals surface area contributed by atoms with Gasteiger partial charge in [0.05, 0.1) is 29.3 Å². The number of ether oxygens (including phenoxy) is 1. The van der Waals surface area contributed by atoms with E-state index in [1.54, 1.807) is 54.0 Å². The number of nitrogens with two attached hydrogens (primary N) is 1. The van der Waals surface area contributed by atoms with Crippen LogP contribution in [0.2, 0.25) is 0 Å². The average Bonchev–Trinajstić information content (AvgIpc) is 3.24. The van der Waals surface area contributed by atoms with Crippen molar-refractivity contribution < 1.29 is 24.2 Å². The van der Waals surface area contributed by atoms with E-state index in [0.29, 0.717) is 34.3 Å². The van der Waals surface area contributed by atoms with Crippen LogP contribution in [0.3, 0.4) is 0 Å². The summed E-state index contributed by atoms with van der Waals surface area (Å²) in [5.74, 6) is -1.88. The number of benzene rings is 3. The lowest BCUT2D eigenvalue weighted by atomic mass is 10.1. The molecule has 0 saturated heterocycles. The van der Waals surface area contributed by atoms with Gasteiger partial charge in [0.2, 0.25) is 5.91 Å². The van der Waals surface area contributed by atoms with E-state index >= 15 is 0 Å². The Morgan fingerprint density at radius 1 is 1.03 bits per heavy atom. The molecule has 8 heteroatoms. The van der Waals surface area contributed by atoms with Crippen LogP contribution in [-0.4, -0.2) is 40.2 Å². The summed E-state index contributed by atoms with van der Waals surface area (Å²) in [6.45, 7) is 2.01. The first-order valence-electron chi connectivity index (χ1n) is 11.1. The molecular formula is C27H25N3O5. The van der Waals surface area contributed by atoms with Gasteiger partial charge in [-0.05, 0) is 61.4 Å². The molecule has 0 unspecified atom stereocenters. The van der Waals surface area contributed by atoms with Gasteiger partial charge in [-0.2, -0.15) is 0 Å². The average molecular weight is 472 g/mol. The molecule has 0 saturated carbocycles. The highest BCUT2D eigenvalue weighted by Gasteiger charge is 2.18. The zero-order valence-electron chi connectivity index (χ0n) is 19.1. The number of nitrogens with one attached hydrogen (secondary N) is 1. The molecule has 4 rings (SSSR count). The number of carbonyl (C=O) groups excluding carboxylic acids is 2. The summed E-state index contributed by atoms with van der Waals surface area (Å²) in [6.07, 6.45) is 1.90. The van der Waals surface area contributed by atoms with E-state index in [2.05, 4.69) is 5.32 Å². The molecule has 1 amide bonds. The number of nitrogens with zero attached hydrogens (tertiary/aromatic N) is 1. The molecule has 3 aromatic carbocycles. The molecule has 1 heterocycles. The molecule has 1 atom stereocenters. The summed E-state index contributed by atoms with van der Waals surface area (Å²) in [5, 5.41) is 13.0. The number of aromatic nitrogens is 1. The topological polar surface area (TPSA) is 124 Å². The van der Waals surface area contributed by atoms with Crippen LogP contribution in [0.5, 0.6) is 0 Å². The summed E-state index contributed by atoms with van der Waals surface area (Å²) in [6, 6.07) is 20.5. The van der Waals surface area contributed by atoms with Crippen LogP contribution >= 0.6 is 0 Å². The third-order valence-electron chi connectivity index (χ3n) is 5.59. The number of amides is 1. The largest absolute Gasteiger partial charge is 0.478 e. The van der Waals surface area contributed by atoms with Crippen molar-refractivity contribution in [1.82, 2.24) is 4.57 Å². The first-order chi connectivity index (χ1) is 16.9. The fraction of sp³-hybridized carbons (Fsp3) is 0.148. The molecule has 0 radical (unpaired) electrons. The van der Waals surface area contributed by atoms with Gasteiger partial charge in [0.15, 0.2) is 0 Å². The van der Waals surface area contributed by atoms with Gasteiger partial charge in [0, 0.05) is 23.0 Å². The third-order valence-corrected chi connectivity index (χ3v) is 5.59. The molecule has 1 aromatic heterocycles. The van der Waals surface area contributed by atoms with E-state index in [1.165, 1.54) is 6.20 Å². The summed E-state index contributed by atoms with van der Waals surface area (Å²) < 4.78 is 6.73. The normalized spacial score (nSPS) is 11.7. The van der Waals surface area contributed by atoms with Gasteiger partial charge in [-0.1, -0.05) is 30.3 Å². The Balaban J connectivity index is 1.60. The zero-order valence-corrected chi connectivity index (χ0v) is 19.1. The maximum Gasteiger partial charge on any atom is 0.338 e. The molecule has 0 aliphatic rings. The number of rotatable bonds is 8. The minimum absolute atomic E-state index is 0.0825. The van der Waals surface area contributed by atoms with E-state index in [9.17, 15) is 19.5 Å². The first kappa shape index (κ1) is 23.7. The Hall–Kier alpha value is -4.43. The quantitative estimate of drug-likeness (QED) is 0.334. The molecule has 0 spiro atoms. The van der Waals surface area contributed by atoms with Crippen LogP contribution in [-0.2, 0) is 16.0 Å². The van der Waals surface area contributed by atoms with Crippen LogP contribution in [0.4, 0.5) is 5.69 Å². The molecule has 35 heavy (non-hydrogen) atoms. The summed E-state index contributed by atoms with van der Waals surface area (Å²) >= 11 is 0. The van der Waals surface area contributed by atoms with Gasteiger partial charge < -0.3 is 25.5 Å². The lowest BCUT2D eigenvalue weighted by Gasteiger charge is -2.13. The van der Waals surface area contributed by atoms with Gasteiger partial charge >= 0.3 is 11.9 Å². The van der Waals surface area contributed by atoms with E-state index in [1.807, 2.05) is 30.3 Å². The van der Waals surface area contributed by atoms with Crippen LogP contribution < -0.4 is 11.1 Å². The SMILES string of the molecule is CCOC(=O)c1ccc(-n2cc(C(=O)O)c3cc(NC(=O)[C@@H](N)Cc4ccccc4)ccc32)cc1. The molecule has 0 fully saturated rings. The highest BCUT2D eigenvalue weighted by Crippen LogP contribution is 2.28. The van der Waals surface area contributed by atoms with Crippen molar-refractivity contribution >= 4 is 34.4 Å². The maximum atomic E-state index is 12.6. The van der Waals surface area contributed by atoms with Crippen molar-refractivity contribution in [1.29, 1.82) is 0 Å². The molecule has 4 N–H and O–H groups in total. The highest BCUT2D eigenvalue weighted by atomic mass is 16.5. The number of hydrogen-bond donors (Lipinski definition) is 3. The highest BCUT2D eigenvalue weighted by molar-refractivity contribution is 6.06. The predicted octanol–water partition coefficient (Wildman–Crippen LogP) is 4.01. The first-order valence-corrected chi connectivity index (χ1v) is 11.1. The third kappa shape index (κ3) is 5.23. The Bertz CT molecular complexity index is 1380. The number of fused-ring (bicyclic) bond motifs is 1. The number of esters is 1. The van der Waals surface area contributed by atoms with E-state index < -0.39 is 18.0 Å². The van der Waals surface area contributed by atoms with Crippen molar-refractivity contribution in [3.05, 3.63) is 95.7 Å². The number of carboxylic acid groups (broad SMARTS) is 1. The van der Waals surface area contributed by atoms with E-state index in [4.69, 9.17) is 10.5 Å². The molecular weight excluding hydrogens is 446 g/mol. The van der Waals surface area contributed by atoms with Crippen LogP contribution in [0.1, 0.15) is 33.2 Å². The lowest BCUT2D eigenvalue weighted by molar-refractivity contribution is -0.117. The van der Waals surface area contributed by atoms with Crippen molar-refractivity contribution in [2.75, 3.05) is 11.9 Å². The molecule has 4 aromatic rings. The van der Waals surface area contributed by atoms with Gasteiger partial charge in [-0.3, -0.25) is 4.79 Å². The number of carbonyl (C=O) groups is 3. The monoisotopic (exact) mass is 471 g/mol. The fourth-order valence-corrected chi connectivity index (χ4v) is 3.86. The molecule has 0 aliphatic heterocycles. The Kier molecular flexibility index (Phi) is 6.93. The summed E-state index contributed by atoms with van der Waals surface area (Å²) in [5.41, 5.74) is 9.28. The molecule has 8 nitrogen and oxygen atoms in total. The second-order valence-electron chi connectivity index (χ2n) is 8.00. The van der Waals surface area contributed by atoms with Crippen molar-refractivity contribution in [2.45, 2.75) is 19.4 Å². The van der Waals surface area contributed by atoms with E-state index in [-0.39, 0.29) is 18.1 Å². The minimum Gasteiger partial charge on any atom is -0.478 e. The fourth-order valence-electron chi connectivity index (χ4n) is 3.86. The second-order valence-corrected chi connectivity index (χ2v) is 8.00. The number of anilines is 1. The summed E-state index contributed by atoms with van der Waals surface area (Å²) in [7, 11) is 0. The predicted molar refractivity (Wildman–Crippen MR) is 133 cm³/mol. The van der Waals surface area contributed by atoms with Gasteiger partial charge in [0.25, 0.3) is 0 Å². The number of carboxylic acids is 1. The van der Waals surface area contributed by atoms with Gasteiger partial charge in [-0.15, -0.1) is 0 Å². The van der Waals surface area contributed by atoms with Crippen molar-refractivity contribution in [2.24, 2.45) is 5.73 Å². The molecule has 178 valence electrons. The number of hydrogen-bond acceptors (Lipinski definition) is 5. The van der Waals surface area contributed by atoms with Crippen molar-refractivity contribution in [3.63, 3.8) is 0 Å². The summed E-state index contributed by atoms with van der Waals surface area (Å²) in [4.78, 5) is 36.5. The van der Waals surface area contributed by atoms with Gasteiger partial charge in [-0.25, -0.2) is 9.59 Å². The van der Waals surface area contributed by atoms with Crippen molar-refractivity contribution in [3.8, 4) is 5.69 Å². The Morgan fingerprint density at radius 3 is 2.40 bits per heavy atom. The van der Waals surface area contributed by atoms with Gasteiger partial charge in [0.1, 0.15) is 0 Å². The Labute approximate surface area is 201 Å². The molecule has 0 aliphatic carbocycles. The van der Waals surface area contributed by atoms with Crippen LogP contribution in [0, 0.1) is 0 Å². The Morgan fingerprint density at radius 2 is 1.74 bits per heavy atom. The lowest BCUT2D eigenvalue weighted by Crippen LogP contribution is -2.37. The maximum absolute atomic E-state index is 12.6. The van der Waals surface area contributed by atoms with Crippen LogP contribution in [0.25, 0.3) is 16.6 Å². The zero-order chi connectivity index (χ0) is 24.9. The second kappa shape index (κ2) is 10.2. The standard InChI is InChI=1S/C27H25N3O5/c1-2-35-27(34)18-8-11-20(12-9-18)30-16-22(26(32)33)21-15-19(10-13-24(21)30)29-25(31)23(28)14-17-6-4-3-5-7-17/h3-13,15-16,23H,2,14,28H2,1H3,(H,29,31)(H,32,33)/t23-/m0/s1. The minimum atomic E-state index is -1.10. The van der Waals surface area contributed by atoms with E-state index in [0.717, 1.165) is 5.56 Å². The smallest absolute Gasteiger partial charge is 0.338 e. The van der Waals surface area contributed by atoms with Crippen LogP contribution in [0.15, 0.2) is 79.0 Å².